The summed E-state index contributed by atoms with van der Waals surface area (Å²) < 4.78 is 24.8. The van der Waals surface area contributed by atoms with Crippen LogP contribution in [0.15, 0.2) is 64.3 Å². The molecule has 0 radical (unpaired) electrons. The number of thiazole rings is 1. The van der Waals surface area contributed by atoms with Crippen LogP contribution in [0.2, 0.25) is 0 Å². The average Bonchev–Trinajstić information content (AvgIpc) is 3.36. The third-order valence-corrected chi connectivity index (χ3v) is 6.69. The molecule has 2 aromatic carbocycles. The first kappa shape index (κ1) is 22.5. The molecule has 8 nitrogen and oxygen atoms in total. The predicted molar refractivity (Wildman–Crippen MR) is 127 cm³/mol. The van der Waals surface area contributed by atoms with Crippen molar-refractivity contribution in [2.24, 2.45) is 0 Å². The first-order valence-electron chi connectivity index (χ1n) is 10.4. The Labute approximate surface area is 201 Å². The second-order valence-corrected chi connectivity index (χ2v) is 8.76. The Morgan fingerprint density at radius 2 is 2.03 bits per heavy atom. The van der Waals surface area contributed by atoms with Crippen LogP contribution in [0.5, 0.6) is 5.75 Å². The molecule has 0 aliphatic carbocycles. The first-order valence-corrected chi connectivity index (χ1v) is 11.3. The molecule has 5 rings (SSSR count). The van der Waals surface area contributed by atoms with Gasteiger partial charge in [-0.25, -0.2) is 14.2 Å². The second kappa shape index (κ2) is 8.48. The van der Waals surface area contributed by atoms with E-state index in [-0.39, 0.29) is 44.7 Å². The van der Waals surface area contributed by atoms with Gasteiger partial charge in [-0.05, 0) is 42.8 Å². The van der Waals surface area contributed by atoms with E-state index in [4.69, 9.17) is 9.15 Å². The molecule has 0 unspecified atom stereocenters. The van der Waals surface area contributed by atoms with E-state index in [1.165, 1.54) is 29.2 Å². The van der Waals surface area contributed by atoms with E-state index < -0.39 is 29.2 Å². The summed E-state index contributed by atoms with van der Waals surface area (Å²) in [6.45, 7) is 5.13. The summed E-state index contributed by atoms with van der Waals surface area (Å²) in [5, 5.41) is 9.90. The number of fused-ring (bicyclic) bond motifs is 2. The standard InChI is InChI=1S/C25H17FN2O6S/c1-3-10-33-24(32)22-12(2)27-25(35-22)28-19(13-4-7-15(29)8-5-13)18-20(30)16-11-14(26)6-9-17(16)34-21(18)23(28)31/h3-9,11,19,29H,1,10H2,2H3/t19-/m0/s1. The Kier molecular flexibility index (Phi) is 5.45. The van der Waals surface area contributed by atoms with Crippen molar-refractivity contribution in [1.82, 2.24) is 4.98 Å². The number of carbonyl (C=O) groups is 2. The molecule has 0 spiro atoms. The van der Waals surface area contributed by atoms with Crippen molar-refractivity contribution in [3.63, 3.8) is 0 Å². The minimum Gasteiger partial charge on any atom is -0.508 e. The molecule has 1 aliphatic heterocycles. The average molecular weight is 492 g/mol. The number of aryl methyl sites for hydroxylation is 1. The zero-order valence-electron chi connectivity index (χ0n) is 18.3. The van der Waals surface area contributed by atoms with E-state index in [1.807, 2.05) is 0 Å². The summed E-state index contributed by atoms with van der Waals surface area (Å²) in [7, 11) is 0. The van der Waals surface area contributed by atoms with Crippen LogP contribution in [0.1, 0.15) is 43.1 Å². The van der Waals surface area contributed by atoms with Gasteiger partial charge in [0.2, 0.25) is 5.76 Å². The van der Waals surface area contributed by atoms with Gasteiger partial charge in [0, 0.05) is 0 Å². The van der Waals surface area contributed by atoms with Gasteiger partial charge in [-0.2, -0.15) is 0 Å². The number of amides is 1. The van der Waals surface area contributed by atoms with Crippen molar-refractivity contribution < 1.29 is 28.2 Å². The highest BCUT2D eigenvalue weighted by atomic mass is 32.1. The number of phenolic OH excluding ortho intramolecular Hbond substituents is 1. The molecule has 176 valence electrons. The Bertz CT molecular complexity index is 1570. The number of esters is 1. The Balaban J connectivity index is 1.72. The van der Waals surface area contributed by atoms with Crippen LogP contribution >= 0.6 is 11.3 Å². The largest absolute Gasteiger partial charge is 0.508 e. The maximum absolute atomic E-state index is 13.9. The van der Waals surface area contributed by atoms with Crippen LogP contribution in [0, 0.1) is 12.7 Å². The molecule has 35 heavy (non-hydrogen) atoms. The lowest BCUT2D eigenvalue weighted by atomic mass is 9.98. The monoisotopic (exact) mass is 492 g/mol. The third kappa shape index (κ3) is 3.68. The Morgan fingerprint density at radius 1 is 1.29 bits per heavy atom. The van der Waals surface area contributed by atoms with Crippen molar-refractivity contribution in [2.45, 2.75) is 13.0 Å². The maximum atomic E-state index is 13.9. The summed E-state index contributed by atoms with van der Waals surface area (Å²) in [6.07, 6.45) is 1.43. The minimum atomic E-state index is -0.982. The number of halogens is 1. The van der Waals surface area contributed by atoms with Crippen LogP contribution in [-0.4, -0.2) is 28.6 Å². The highest BCUT2D eigenvalue weighted by molar-refractivity contribution is 7.17. The van der Waals surface area contributed by atoms with Gasteiger partial charge in [-0.1, -0.05) is 36.1 Å². The van der Waals surface area contributed by atoms with Crippen molar-refractivity contribution in [1.29, 1.82) is 0 Å². The quantitative estimate of drug-likeness (QED) is 0.323. The van der Waals surface area contributed by atoms with Crippen molar-refractivity contribution in [3.8, 4) is 5.75 Å². The number of rotatable bonds is 5. The first-order chi connectivity index (χ1) is 16.8. The number of ether oxygens (including phenoxy) is 1. The highest BCUT2D eigenvalue weighted by Gasteiger charge is 2.45. The zero-order valence-corrected chi connectivity index (χ0v) is 19.1. The number of aromatic nitrogens is 1. The van der Waals surface area contributed by atoms with Crippen molar-refractivity contribution in [2.75, 3.05) is 11.5 Å². The van der Waals surface area contributed by atoms with Gasteiger partial charge < -0.3 is 14.3 Å². The van der Waals surface area contributed by atoms with Gasteiger partial charge in [0.05, 0.1) is 22.7 Å². The van der Waals surface area contributed by atoms with Crippen LogP contribution in [-0.2, 0) is 4.74 Å². The van der Waals surface area contributed by atoms with E-state index >= 15 is 0 Å². The number of carbonyl (C=O) groups excluding carboxylic acids is 2. The molecule has 4 aromatic rings. The molecule has 0 fully saturated rings. The van der Waals surface area contributed by atoms with Crippen molar-refractivity contribution >= 4 is 39.3 Å². The molecule has 3 heterocycles. The van der Waals surface area contributed by atoms with Crippen LogP contribution in [0.3, 0.4) is 0 Å². The predicted octanol–water partition coefficient (Wildman–Crippen LogP) is 4.50. The molecule has 0 bridgehead atoms. The van der Waals surface area contributed by atoms with Crippen molar-refractivity contribution in [3.05, 3.63) is 98.6 Å². The lowest BCUT2D eigenvalue weighted by Crippen LogP contribution is -2.29. The van der Waals surface area contributed by atoms with Gasteiger partial charge >= 0.3 is 5.97 Å². The summed E-state index contributed by atoms with van der Waals surface area (Å²) in [6, 6.07) is 8.46. The second-order valence-electron chi connectivity index (χ2n) is 7.78. The zero-order chi connectivity index (χ0) is 24.9. The van der Waals surface area contributed by atoms with E-state index in [9.17, 15) is 23.9 Å². The SMILES string of the molecule is C=CCOC(=O)c1sc(N2C(=O)c3oc4ccc(F)cc4c(=O)c3[C@@H]2c2ccc(O)cc2)nc1C. The Morgan fingerprint density at radius 3 is 2.74 bits per heavy atom. The summed E-state index contributed by atoms with van der Waals surface area (Å²) >= 11 is 0.936. The molecule has 0 saturated carbocycles. The molecule has 10 heteroatoms. The van der Waals surface area contributed by atoms with E-state index in [0.29, 0.717) is 11.3 Å². The number of hydrogen-bond acceptors (Lipinski definition) is 8. The fraction of sp³-hybridized carbons (Fsp3) is 0.120. The van der Waals surface area contributed by atoms with Crippen LogP contribution in [0.4, 0.5) is 9.52 Å². The maximum Gasteiger partial charge on any atom is 0.350 e. The molecular formula is C25H17FN2O6S. The van der Waals surface area contributed by atoms with Gasteiger partial charge in [-0.3, -0.25) is 14.5 Å². The minimum absolute atomic E-state index is 0.00481. The molecule has 1 amide bonds. The van der Waals surface area contributed by atoms with E-state index in [1.54, 1.807) is 19.1 Å². The van der Waals surface area contributed by atoms with Gasteiger partial charge in [-0.15, -0.1) is 0 Å². The number of nitrogens with zero attached hydrogens (tertiary/aromatic N) is 2. The molecule has 1 atom stereocenters. The smallest absolute Gasteiger partial charge is 0.350 e. The van der Waals surface area contributed by atoms with Gasteiger partial charge in [0.15, 0.2) is 10.6 Å². The van der Waals surface area contributed by atoms with E-state index in [0.717, 1.165) is 23.5 Å². The molecule has 1 N–H and O–H groups in total. The lowest BCUT2D eigenvalue weighted by molar-refractivity contribution is 0.0554. The van der Waals surface area contributed by atoms with E-state index in [2.05, 4.69) is 11.6 Å². The van der Waals surface area contributed by atoms with Crippen LogP contribution < -0.4 is 10.3 Å². The fourth-order valence-corrected chi connectivity index (χ4v) is 4.98. The summed E-state index contributed by atoms with van der Waals surface area (Å²) in [5.74, 6) is -2.08. The molecule has 0 saturated heterocycles. The van der Waals surface area contributed by atoms with Gasteiger partial charge in [0.25, 0.3) is 5.91 Å². The lowest BCUT2D eigenvalue weighted by Gasteiger charge is -2.22. The number of aromatic hydroxyl groups is 1. The fourth-order valence-electron chi connectivity index (χ4n) is 3.99. The van der Waals surface area contributed by atoms with Gasteiger partial charge in [0.1, 0.15) is 28.6 Å². The molecule has 2 aromatic heterocycles. The Hall–Kier alpha value is -4.31. The topological polar surface area (TPSA) is 110 Å². The molecule has 1 aliphatic rings. The number of anilines is 1. The molecular weight excluding hydrogens is 475 g/mol. The summed E-state index contributed by atoms with van der Waals surface area (Å²) in [5.41, 5.74) is 0.357. The summed E-state index contributed by atoms with van der Waals surface area (Å²) in [4.78, 5) is 45.4. The normalized spacial score (nSPS) is 14.9. The highest BCUT2D eigenvalue weighted by Crippen LogP contribution is 2.43. The van der Waals surface area contributed by atoms with Crippen LogP contribution in [0.25, 0.3) is 11.0 Å². The third-order valence-electron chi connectivity index (χ3n) is 5.55. The number of hydrogen-bond donors (Lipinski definition) is 1. The number of phenols is 1. The number of benzene rings is 2.